The van der Waals surface area contributed by atoms with E-state index in [1.54, 1.807) is 13.8 Å². The largest absolute Gasteiger partial charge is 0.416 e. The minimum Gasteiger partial charge on any atom is -0.301 e. The van der Waals surface area contributed by atoms with E-state index in [0.717, 1.165) is 22.9 Å². The van der Waals surface area contributed by atoms with Crippen LogP contribution in [0.3, 0.4) is 0 Å². The molecule has 0 aliphatic carbocycles. The summed E-state index contributed by atoms with van der Waals surface area (Å²) in [7, 11) is 0. The molecule has 2 rings (SSSR count). The molecule has 0 radical (unpaired) electrons. The zero-order valence-electron chi connectivity index (χ0n) is 11.4. The van der Waals surface area contributed by atoms with Crippen molar-refractivity contribution in [3.8, 4) is 0 Å². The van der Waals surface area contributed by atoms with Gasteiger partial charge < -0.3 is 4.79 Å². The van der Waals surface area contributed by atoms with Crippen LogP contribution in [0, 0.1) is 0 Å². The molecule has 2 aromatic rings. The smallest absolute Gasteiger partial charge is 0.301 e. The molecule has 1 heterocycles. The summed E-state index contributed by atoms with van der Waals surface area (Å²) < 4.78 is 39.4. The third-order valence-corrected chi connectivity index (χ3v) is 3.11. The van der Waals surface area contributed by atoms with Gasteiger partial charge in [-0.3, -0.25) is 4.79 Å². The van der Waals surface area contributed by atoms with Crippen LogP contribution >= 0.6 is 0 Å². The molecule has 4 nitrogen and oxygen atoms in total. The van der Waals surface area contributed by atoms with Gasteiger partial charge in [0.2, 0.25) is 0 Å². The molecular weight excluding hydrogens is 285 g/mol. The predicted molar refractivity (Wildman–Crippen MR) is 71.2 cm³/mol. The Balaban J connectivity index is 2.84. The minimum atomic E-state index is -4.49. The average molecular weight is 298 g/mol. The van der Waals surface area contributed by atoms with Gasteiger partial charge in [0.15, 0.2) is 0 Å². The maximum atomic E-state index is 12.8. The first-order chi connectivity index (χ1) is 9.75. The molecule has 0 atom stereocenters. The standard InChI is InChI=1S/C14H13F3N2O2/c1-8(2)12-11-7-9(14(15,16)17)3-4-10(11)13(21)19(18-12)5-6-20/h3-4,6-8H,5H2,1-2H3. The fraction of sp³-hybridized carbons (Fsp3) is 0.357. The molecule has 0 amide bonds. The van der Waals surface area contributed by atoms with Crippen molar-refractivity contribution < 1.29 is 18.0 Å². The Morgan fingerprint density at radius 3 is 2.48 bits per heavy atom. The number of rotatable bonds is 3. The van der Waals surface area contributed by atoms with E-state index < -0.39 is 17.3 Å². The van der Waals surface area contributed by atoms with E-state index >= 15 is 0 Å². The van der Waals surface area contributed by atoms with Crippen molar-refractivity contribution in [2.75, 3.05) is 0 Å². The van der Waals surface area contributed by atoms with Crippen LogP contribution in [0.15, 0.2) is 23.0 Å². The van der Waals surface area contributed by atoms with E-state index in [-0.39, 0.29) is 23.2 Å². The quantitative estimate of drug-likeness (QED) is 0.819. The van der Waals surface area contributed by atoms with Crippen molar-refractivity contribution in [1.29, 1.82) is 0 Å². The molecule has 0 saturated heterocycles. The molecule has 0 fully saturated rings. The van der Waals surface area contributed by atoms with E-state index in [1.165, 1.54) is 0 Å². The summed E-state index contributed by atoms with van der Waals surface area (Å²) in [4.78, 5) is 22.7. The van der Waals surface area contributed by atoms with Crippen LogP contribution in [0.1, 0.15) is 31.0 Å². The predicted octanol–water partition coefficient (Wildman–Crippen LogP) is 2.74. The van der Waals surface area contributed by atoms with Crippen molar-refractivity contribution in [2.24, 2.45) is 0 Å². The molecule has 21 heavy (non-hydrogen) atoms. The average Bonchev–Trinajstić information content (AvgIpc) is 2.40. The number of carbonyl (C=O) groups is 1. The summed E-state index contributed by atoms with van der Waals surface area (Å²) in [5.41, 5.74) is -1.04. The van der Waals surface area contributed by atoms with E-state index in [0.29, 0.717) is 12.0 Å². The lowest BCUT2D eigenvalue weighted by Crippen LogP contribution is -2.26. The molecule has 112 valence electrons. The summed E-state index contributed by atoms with van der Waals surface area (Å²) in [5.74, 6) is -0.186. The van der Waals surface area contributed by atoms with Crippen molar-refractivity contribution in [3.05, 3.63) is 39.8 Å². The zero-order valence-corrected chi connectivity index (χ0v) is 11.4. The highest BCUT2D eigenvalue weighted by Crippen LogP contribution is 2.32. The number of benzene rings is 1. The maximum absolute atomic E-state index is 12.8. The Kier molecular flexibility index (Phi) is 3.85. The topological polar surface area (TPSA) is 52.0 Å². The van der Waals surface area contributed by atoms with Gasteiger partial charge in [0.1, 0.15) is 12.8 Å². The summed E-state index contributed by atoms with van der Waals surface area (Å²) in [5, 5.41) is 4.32. The van der Waals surface area contributed by atoms with Crippen LogP contribution in [0.5, 0.6) is 0 Å². The van der Waals surface area contributed by atoms with Crippen molar-refractivity contribution in [1.82, 2.24) is 9.78 Å². The second-order valence-corrected chi connectivity index (χ2v) is 4.95. The summed E-state index contributed by atoms with van der Waals surface area (Å²) in [6.07, 6.45) is -3.96. The Labute approximate surface area is 118 Å². The Bertz CT molecular complexity index is 748. The van der Waals surface area contributed by atoms with Crippen LogP contribution in [0.4, 0.5) is 13.2 Å². The molecule has 0 unspecified atom stereocenters. The molecule has 1 aromatic carbocycles. The van der Waals surface area contributed by atoms with Crippen LogP contribution in [-0.2, 0) is 17.5 Å². The van der Waals surface area contributed by atoms with Gasteiger partial charge in [0.25, 0.3) is 5.56 Å². The Morgan fingerprint density at radius 1 is 1.29 bits per heavy atom. The highest BCUT2D eigenvalue weighted by molar-refractivity contribution is 5.85. The Hall–Kier alpha value is -2.18. The summed E-state index contributed by atoms with van der Waals surface area (Å²) in [6.45, 7) is 3.30. The van der Waals surface area contributed by atoms with Gasteiger partial charge >= 0.3 is 6.18 Å². The SMILES string of the molecule is CC(C)c1nn(CC=O)c(=O)c2ccc(C(F)(F)F)cc12. The number of aldehydes is 1. The normalized spacial score (nSPS) is 12.1. The van der Waals surface area contributed by atoms with Crippen LogP contribution in [0.25, 0.3) is 10.8 Å². The number of hydrogen-bond acceptors (Lipinski definition) is 3. The first-order valence-electron chi connectivity index (χ1n) is 6.31. The van der Waals surface area contributed by atoms with Crippen molar-refractivity contribution >= 4 is 17.1 Å². The monoisotopic (exact) mass is 298 g/mol. The van der Waals surface area contributed by atoms with Gasteiger partial charge in [0.05, 0.1) is 16.6 Å². The second kappa shape index (κ2) is 5.31. The minimum absolute atomic E-state index is 0.128. The summed E-state index contributed by atoms with van der Waals surface area (Å²) >= 11 is 0. The molecular formula is C14H13F3N2O2. The summed E-state index contributed by atoms with van der Waals surface area (Å²) in [6, 6.07) is 2.93. The van der Waals surface area contributed by atoms with Crippen LogP contribution in [0.2, 0.25) is 0 Å². The highest BCUT2D eigenvalue weighted by atomic mass is 19.4. The van der Waals surface area contributed by atoms with Crippen LogP contribution in [-0.4, -0.2) is 16.1 Å². The van der Waals surface area contributed by atoms with E-state index in [2.05, 4.69) is 5.10 Å². The van der Waals surface area contributed by atoms with E-state index in [4.69, 9.17) is 0 Å². The fourth-order valence-corrected chi connectivity index (χ4v) is 2.11. The zero-order chi connectivity index (χ0) is 15.8. The van der Waals surface area contributed by atoms with E-state index in [9.17, 15) is 22.8 Å². The number of nitrogens with zero attached hydrogens (tertiary/aromatic N) is 2. The third-order valence-electron chi connectivity index (χ3n) is 3.11. The number of fused-ring (bicyclic) bond motifs is 1. The first-order valence-corrected chi connectivity index (χ1v) is 6.31. The van der Waals surface area contributed by atoms with Gasteiger partial charge in [-0.15, -0.1) is 0 Å². The molecule has 0 saturated carbocycles. The molecule has 0 N–H and O–H groups in total. The molecule has 0 aliphatic heterocycles. The second-order valence-electron chi connectivity index (χ2n) is 4.95. The Morgan fingerprint density at radius 2 is 1.95 bits per heavy atom. The third kappa shape index (κ3) is 2.81. The molecule has 7 heteroatoms. The number of aromatic nitrogens is 2. The lowest BCUT2D eigenvalue weighted by molar-refractivity contribution is -0.137. The van der Waals surface area contributed by atoms with Gasteiger partial charge in [-0.25, -0.2) is 4.68 Å². The van der Waals surface area contributed by atoms with Gasteiger partial charge in [-0.1, -0.05) is 13.8 Å². The van der Waals surface area contributed by atoms with E-state index in [1.807, 2.05) is 0 Å². The maximum Gasteiger partial charge on any atom is 0.416 e. The van der Waals surface area contributed by atoms with Gasteiger partial charge in [0, 0.05) is 5.39 Å². The molecule has 1 aromatic heterocycles. The lowest BCUT2D eigenvalue weighted by atomic mass is 10.0. The lowest BCUT2D eigenvalue weighted by Gasteiger charge is -2.14. The highest BCUT2D eigenvalue weighted by Gasteiger charge is 2.31. The molecule has 0 spiro atoms. The number of halogens is 3. The van der Waals surface area contributed by atoms with Gasteiger partial charge in [-0.05, 0) is 24.1 Å². The number of hydrogen-bond donors (Lipinski definition) is 0. The fourth-order valence-electron chi connectivity index (χ4n) is 2.11. The van der Waals surface area contributed by atoms with Gasteiger partial charge in [-0.2, -0.15) is 18.3 Å². The number of carbonyl (C=O) groups excluding carboxylic acids is 1. The van der Waals surface area contributed by atoms with Crippen molar-refractivity contribution in [3.63, 3.8) is 0 Å². The van der Waals surface area contributed by atoms with Crippen LogP contribution < -0.4 is 5.56 Å². The van der Waals surface area contributed by atoms with Crippen molar-refractivity contribution in [2.45, 2.75) is 32.5 Å². The molecule has 0 aliphatic rings. The first kappa shape index (κ1) is 15.2. The molecule has 0 bridgehead atoms. The number of alkyl halides is 3.